The van der Waals surface area contributed by atoms with Crippen LogP contribution >= 0.6 is 28.8 Å². The average molecular weight is 407 g/mol. The van der Waals surface area contributed by atoms with Gasteiger partial charge in [0.2, 0.25) is 0 Å². The Labute approximate surface area is 91.7 Å². The predicted molar refractivity (Wildman–Crippen MR) is 54.3 cm³/mol. The molecule has 0 amide bonds. The fraction of sp³-hybridized carbons (Fsp3) is 0.500. The van der Waals surface area contributed by atoms with Crippen molar-refractivity contribution in [1.29, 1.82) is 0 Å². The number of hydrogen-bond donors (Lipinski definition) is 0. The fourth-order valence-corrected chi connectivity index (χ4v) is 0.874. The summed E-state index contributed by atoms with van der Waals surface area (Å²) in [5.74, 6) is 0. The Balaban J connectivity index is 0.000000261. The van der Waals surface area contributed by atoms with E-state index in [9.17, 15) is 0 Å². The molecule has 0 atom stereocenters. The van der Waals surface area contributed by atoms with Gasteiger partial charge in [0.25, 0.3) is 0 Å². The van der Waals surface area contributed by atoms with E-state index in [1.165, 1.54) is 25.7 Å². The second kappa shape index (κ2) is 10.1. The Morgan fingerprint density at radius 1 is 0.833 bits per heavy atom. The first-order chi connectivity index (χ1) is 5.73. The Morgan fingerprint density at radius 2 is 1.17 bits per heavy atom. The molecule has 74 valence electrons. The number of hydrogen-bond acceptors (Lipinski definition) is 0. The van der Waals surface area contributed by atoms with Crippen LogP contribution in [0.2, 0.25) is 0 Å². The van der Waals surface area contributed by atoms with E-state index in [2.05, 4.69) is 24.3 Å². The molecule has 0 unspecified atom stereocenters. The van der Waals surface area contributed by atoms with Crippen molar-refractivity contribution in [3.8, 4) is 0 Å². The molecule has 0 saturated carbocycles. The van der Waals surface area contributed by atoms with Crippen molar-refractivity contribution >= 4 is 28.8 Å². The molecule has 0 aromatic heterocycles. The summed E-state index contributed by atoms with van der Waals surface area (Å²) in [4.78, 5) is 0. The van der Waals surface area contributed by atoms with E-state index in [1.54, 1.807) is 0 Å². The van der Waals surface area contributed by atoms with Gasteiger partial charge in [0, 0.05) is 0 Å². The minimum absolute atomic E-state index is 1.27. The summed E-state index contributed by atoms with van der Waals surface area (Å²) in [6.45, 7) is 0. The van der Waals surface area contributed by atoms with Crippen LogP contribution < -0.4 is 0 Å². The van der Waals surface area contributed by atoms with E-state index in [1.807, 2.05) is 0 Å². The Hall–Kier alpha value is 0.999. The number of allylic oxidation sites excluding steroid dienone is 4. The van der Waals surface area contributed by atoms with Gasteiger partial charge >= 0.3 is 42.2 Å². The first kappa shape index (κ1) is 13.0. The normalized spacial score (nSPS) is 17.1. The van der Waals surface area contributed by atoms with Crippen LogP contribution in [0, 0.1) is 0 Å². The van der Waals surface area contributed by atoms with Gasteiger partial charge in [-0.3, -0.25) is 0 Å². The molecule has 0 aromatic rings. The van der Waals surface area contributed by atoms with Crippen molar-refractivity contribution in [3.63, 3.8) is 0 Å². The monoisotopic (exact) mass is 406 g/mol. The van der Waals surface area contributed by atoms with Crippen molar-refractivity contribution in [2.45, 2.75) is 25.7 Å². The molecule has 0 aromatic carbocycles. The molecular weight excluding hydrogens is 395 g/mol. The van der Waals surface area contributed by atoms with Gasteiger partial charge in [0.1, 0.15) is 0 Å². The maximum atomic E-state index is 4.97. The molecule has 1 aliphatic rings. The van der Waals surface area contributed by atoms with Crippen molar-refractivity contribution in [2.24, 2.45) is 0 Å². The molecule has 4 heteroatoms. The molecule has 1 aliphatic carbocycles. The molecule has 0 radical (unpaired) electrons. The van der Waals surface area contributed by atoms with E-state index in [-0.39, 0.29) is 0 Å². The van der Waals surface area contributed by atoms with Crippen LogP contribution in [0.3, 0.4) is 0 Å². The summed E-state index contributed by atoms with van der Waals surface area (Å²) in [5, 5.41) is 0. The van der Waals surface area contributed by atoms with Gasteiger partial charge in [0.05, 0.1) is 0 Å². The summed E-state index contributed by atoms with van der Waals surface area (Å²) in [6, 6.07) is 0. The van der Waals surface area contributed by atoms with Gasteiger partial charge in [-0.2, -0.15) is 0 Å². The fourth-order valence-electron chi connectivity index (χ4n) is 0.874. The van der Waals surface area contributed by atoms with E-state index in [0.29, 0.717) is 0 Å². The molecule has 12 heavy (non-hydrogen) atoms. The zero-order chi connectivity index (χ0) is 9.23. The molecule has 0 aliphatic heterocycles. The summed E-state index contributed by atoms with van der Waals surface area (Å²) in [7, 11) is 14.9. The second-order valence-electron chi connectivity index (χ2n) is 2.28. The van der Waals surface area contributed by atoms with Gasteiger partial charge in [0.15, 0.2) is 0 Å². The second-order valence-corrected chi connectivity index (χ2v) is 12.7. The van der Waals surface area contributed by atoms with Crippen molar-refractivity contribution in [2.75, 3.05) is 0 Å². The van der Waals surface area contributed by atoms with Gasteiger partial charge in [-0.25, -0.2) is 0 Å². The van der Waals surface area contributed by atoms with Crippen LogP contribution in [-0.2, 0) is 13.5 Å². The number of rotatable bonds is 0. The molecule has 0 nitrogen and oxygen atoms in total. The Bertz CT molecular complexity index is 126. The van der Waals surface area contributed by atoms with Crippen LogP contribution in [0.15, 0.2) is 24.3 Å². The Kier molecular flexibility index (Phi) is 10.9. The molecule has 1 rings (SSSR count). The quantitative estimate of drug-likeness (QED) is 0.545. The van der Waals surface area contributed by atoms with Crippen LogP contribution in [0.4, 0.5) is 0 Å². The Morgan fingerprint density at radius 3 is 1.50 bits per heavy atom. The SMILES string of the molecule is C1=CCCCCC=C1.[Cl][Ir]([Cl])[Cl]. The van der Waals surface area contributed by atoms with Gasteiger partial charge < -0.3 is 0 Å². The maximum absolute atomic E-state index is 4.97. The topological polar surface area (TPSA) is 0 Å². The van der Waals surface area contributed by atoms with Crippen LogP contribution in [-0.4, -0.2) is 0 Å². The first-order valence-electron chi connectivity index (χ1n) is 3.69. The van der Waals surface area contributed by atoms with Crippen molar-refractivity contribution < 1.29 is 13.5 Å². The predicted octanol–water partition coefficient (Wildman–Crippen LogP) is 4.74. The molecule has 0 saturated heterocycles. The average Bonchev–Trinajstić information content (AvgIpc) is 1.82. The molecule has 0 spiro atoms. The third-order valence-corrected chi connectivity index (χ3v) is 1.37. The first-order valence-corrected chi connectivity index (χ1v) is 12.6. The van der Waals surface area contributed by atoms with Crippen LogP contribution in [0.5, 0.6) is 0 Å². The van der Waals surface area contributed by atoms with Crippen LogP contribution in [0.25, 0.3) is 0 Å². The summed E-state index contributed by atoms with van der Waals surface area (Å²) < 4.78 is 0. The summed E-state index contributed by atoms with van der Waals surface area (Å²) >= 11 is -1.92. The minimum atomic E-state index is -1.92. The summed E-state index contributed by atoms with van der Waals surface area (Å²) in [5.41, 5.74) is 0. The zero-order valence-electron chi connectivity index (χ0n) is 6.61. The van der Waals surface area contributed by atoms with E-state index < -0.39 is 13.5 Å². The third-order valence-electron chi connectivity index (χ3n) is 1.37. The number of halogens is 3. The molecule has 0 bridgehead atoms. The third kappa shape index (κ3) is 13.6. The van der Waals surface area contributed by atoms with Gasteiger partial charge in [-0.15, -0.1) is 0 Å². The van der Waals surface area contributed by atoms with Gasteiger partial charge in [-0.1, -0.05) is 24.3 Å². The van der Waals surface area contributed by atoms with E-state index in [0.717, 1.165) is 0 Å². The molecule has 0 fully saturated rings. The zero-order valence-corrected chi connectivity index (χ0v) is 11.3. The van der Waals surface area contributed by atoms with Crippen molar-refractivity contribution in [3.05, 3.63) is 24.3 Å². The standard InChI is InChI=1S/C8H12.3ClH.Ir/c1-2-4-6-8-7-5-3-1;;;;/h1-4H,5-8H2;3*1H;/q;;;;+3/p-3. The van der Waals surface area contributed by atoms with E-state index in [4.69, 9.17) is 28.8 Å². The van der Waals surface area contributed by atoms with Crippen LogP contribution in [0.1, 0.15) is 25.7 Å². The summed E-state index contributed by atoms with van der Waals surface area (Å²) in [6.07, 6.45) is 14.0. The molecule has 0 heterocycles. The van der Waals surface area contributed by atoms with Crippen molar-refractivity contribution in [1.82, 2.24) is 0 Å². The molecular formula is C8H12Cl3Ir. The van der Waals surface area contributed by atoms with Gasteiger partial charge in [-0.05, 0) is 25.7 Å². The van der Waals surface area contributed by atoms with E-state index >= 15 is 0 Å². The molecule has 0 N–H and O–H groups in total.